The summed E-state index contributed by atoms with van der Waals surface area (Å²) in [5, 5.41) is 6.27. The summed E-state index contributed by atoms with van der Waals surface area (Å²) in [4.78, 5) is 2.14. The molecule has 1 nitrogen and oxygen atoms in total. The summed E-state index contributed by atoms with van der Waals surface area (Å²) in [5.41, 5.74) is 9.10. The van der Waals surface area contributed by atoms with Gasteiger partial charge in [0.2, 0.25) is 0 Å². The van der Waals surface area contributed by atoms with E-state index in [1.165, 1.54) is 37.9 Å². The summed E-state index contributed by atoms with van der Waals surface area (Å²) >= 11 is 0. The Morgan fingerprint density at radius 1 is 0.849 bits per heavy atom. The Morgan fingerprint density at radius 2 is 1.60 bits per heavy atom. The number of hydrogen-bond donors (Lipinski definition) is 0. The molecule has 53 heavy (non-hydrogen) atoms. The third-order valence-corrected chi connectivity index (χ3v) is 10.5. The molecule has 0 fully saturated rings. The summed E-state index contributed by atoms with van der Waals surface area (Å²) in [5.74, 6) is 1.11. The smallest absolute Gasteiger partial charge is 0.0406 e. The van der Waals surface area contributed by atoms with E-state index in [4.69, 9.17) is 0 Å². The molecule has 1 aliphatic rings. The second kappa shape index (κ2) is 18.2. The van der Waals surface area contributed by atoms with Crippen molar-refractivity contribution in [3.05, 3.63) is 217 Å². The first kappa shape index (κ1) is 38.6. The van der Waals surface area contributed by atoms with Crippen LogP contribution in [0.2, 0.25) is 0 Å². The number of benzene rings is 4. The first-order valence-electron chi connectivity index (χ1n) is 18.9. The molecular weight excluding hydrogens is 639 g/mol. The van der Waals surface area contributed by atoms with Crippen LogP contribution in [-0.4, -0.2) is 4.90 Å². The molecule has 1 heteroatoms. The van der Waals surface area contributed by atoms with E-state index >= 15 is 0 Å². The quantitative estimate of drug-likeness (QED) is 0.112. The molecule has 1 aliphatic carbocycles. The molecule has 0 N–H and O–H groups in total. The van der Waals surface area contributed by atoms with Crippen LogP contribution in [0.25, 0.3) is 33.2 Å². The first-order valence-corrected chi connectivity index (χ1v) is 18.9. The lowest BCUT2D eigenvalue weighted by Crippen LogP contribution is -2.15. The van der Waals surface area contributed by atoms with Crippen LogP contribution in [0.15, 0.2) is 195 Å². The van der Waals surface area contributed by atoms with Gasteiger partial charge in [0.1, 0.15) is 0 Å². The van der Waals surface area contributed by atoms with Crippen LogP contribution in [0.4, 0.5) is 0 Å². The highest BCUT2D eigenvalue weighted by atomic mass is 15.1. The molecule has 0 saturated heterocycles. The molecular formula is C52H55N. The fraction of sp³-hybridized carbons (Fsp3) is 0.192. The molecule has 268 valence electrons. The van der Waals surface area contributed by atoms with Gasteiger partial charge in [0.25, 0.3) is 0 Å². The molecule has 0 spiro atoms. The van der Waals surface area contributed by atoms with E-state index in [1.807, 2.05) is 18.2 Å². The predicted octanol–water partition coefficient (Wildman–Crippen LogP) is 13.7. The van der Waals surface area contributed by atoms with Crippen LogP contribution < -0.4 is 5.22 Å². The molecule has 0 heterocycles. The molecule has 4 aromatic rings. The molecule has 0 saturated carbocycles. The maximum absolute atomic E-state index is 4.59. The Kier molecular flexibility index (Phi) is 13.2. The molecule has 5 rings (SSSR count). The highest BCUT2D eigenvalue weighted by Crippen LogP contribution is 2.36. The van der Waals surface area contributed by atoms with E-state index in [9.17, 15) is 0 Å². The second-order valence-electron chi connectivity index (χ2n) is 14.1. The maximum atomic E-state index is 4.59. The number of allylic oxidation sites excluding steroid dienone is 16. The summed E-state index contributed by atoms with van der Waals surface area (Å²) in [6, 6.07) is 24.4. The average Bonchev–Trinajstić information content (AvgIpc) is 3.17. The minimum Gasteiger partial charge on any atom is -0.322 e. The van der Waals surface area contributed by atoms with Gasteiger partial charge in [0, 0.05) is 23.5 Å². The molecule has 4 aromatic carbocycles. The Morgan fingerprint density at radius 3 is 2.32 bits per heavy atom. The molecule has 0 amide bonds. The highest BCUT2D eigenvalue weighted by molar-refractivity contribution is 6.15. The van der Waals surface area contributed by atoms with Crippen molar-refractivity contribution >= 4 is 33.2 Å². The zero-order chi connectivity index (χ0) is 37.9. The van der Waals surface area contributed by atoms with E-state index in [1.54, 1.807) is 6.08 Å². The van der Waals surface area contributed by atoms with E-state index in [2.05, 4.69) is 193 Å². The van der Waals surface area contributed by atoms with Crippen LogP contribution in [0.1, 0.15) is 63.6 Å². The standard InChI is InChI=1S/C52H55N/c1-10-13-15-23-40(7)53(42(9)37(4)21-11-2)34-20-27-43(12-3)49-32-30-45-28-29-47(35-39(6)41(8)44-24-16-14-17-25-44)51-48(31-33-50(49)52(45)51)36-46-26-19-18-22-38(46)5/h10,12-35,38,41,46H,1,3,6,9,11,36H2,2,4-5,7-8H3/b15-13-,34-20+,37-21-,40-23+,43-27+,47-35-. The van der Waals surface area contributed by atoms with Gasteiger partial charge in [-0.1, -0.05) is 181 Å². The minimum atomic E-state index is 0.203. The zero-order valence-corrected chi connectivity index (χ0v) is 32.4. The van der Waals surface area contributed by atoms with Gasteiger partial charge >= 0.3 is 0 Å². The van der Waals surface area contributed by atoms with Gasteiger partial charge < -0.3 is 4.90 Å². The van der Waals surface area contributed by atoms with Gasteiger partial charge in [-0.2, -0.15) is 0 Å². The van der Waals surface area contributed by atoms with E-state index in [-0.39, 0.29) is 5.92 Å². The van der Waals surface area contributed by atoms with Crippen LogP contribution in [0.3, 0.4) is 0 Å². The van der Waals surface area contributed by atoms with Crippen LogP contribution in [0.5, 0.6) is 0 Å². The molecule has 0 aromatic heterocycles. The topological polar surface area (TPSA) is 3.24 Å². The lowest BCUT2D eigenvalue weighted by atomic mass is 9.82. The second-order valence-corrected chi connectivity index (χ2v) is 14.1. The number of nitrogens with zero attached hydrogens (tertiary/aromatic N) is 1. The lowest BCUT2D eigenvalue weighted by molar-refractivity contribution is 0.505. The van der Waals surface area contributed by atoms with Crippen LogP contribution >= 0.6 is 0 Å². The Labute approximate surface area is 318 Å². The van der Waals surface area contributed by atoms with Gasteiger partial charge in [-0.05, 0) is 111 Å². The summed E-state index contributed by atoms with van der Waals surface area (Å²) in [6.07, 6.45) is 31.6. The molecule has 0 radical (unpaired) electrons. The zero-order valence-electron chi connectivity index (χ0n) is 32.4. The number of hydrogen-bond acceptors (Lipinski definition) is 1. The average molecular weight is 694 g/mol. The monoisotopic (exact) mass is 693 g/mol. The van der Waals surface area contributed by atoms with Crippen molar-refractivity contribution in [3.8, 4) is 0 Å². The highest BCUT2D eigenvalue weighted by Gasteiger charge is 2.19. The van der Waals surface area contributed by atoms with Gasteiger partial charge in [0.05, 0.1) is 0 Å². The first-order chi connectivity index (χ1) is 25.7. The third-order valence-electron chi connectivity index (χ3n) is 10.5. The van der Waals surface area contributed by atoms with Gasteiger partial charge in [-0.15, -0.1) is 0 Å². The van der Waals surface area contributed by atoms with Crippen LogP contribution in [0, 0.1) is 11.8 Å². The lowest BCUT2D eigenvalue weighted by Gasteiger charge is -2.24. The third kappa shape index (κ3) is 9.05. The fourth-order valence-corrected chi connectivity index (χ4v) is 7.23. The Bertz CT molecular complexity index is 2260. The Balaban J connectivity index is 1.66. The van der Waals surface area contributed by atoms with Gasteiger partial charge in [-0.3, -0.25) is 0 Å². The molecule has 3 atom stereocenters. The summed E-state index contributed by atoms with van der Waals surface area (Å²) in [6.45, 7) is 28.0. The van der Waals surface area contributed by atoms with E-state index < -0.39 is 0 Å². The SMILES string of the molecule is C=C/C=C\C=C(/C)N(/C=C/C=C(\C=C)c1ccc2cc/c(=C/C(=C)C(C)c3ccccc3)c3c(CC4C=CC=CC4C)ccc1c23)C(=C)/C(C)=C\CC. The normalized spacial score (nSPS) is 17.7. The number of rotatable bonds is 15. The summed E-state index contributed by atoms with van der Waals surface area (Å²) < 4.78 is 0. The Hall–Kier alpha value is -5.66. The molecule has 3 unspecified atom stereocenters. The van der Waals surface area contributed by atoms with Crippen molar-refractivity contribution in [3.63, 3.8) is 0 Å². The largest absolute Gasteiger partial charge is 0.322 e. The minimum absolute atomic E-state index is 0.203. The van der Waals surface area contributed by atoms with E-state index in [0.29, 0.717) is 11.8 Å². The van der Waals surface area contributed by atoms with Crippen molar-refractivity contribution in [2.24, 2.45) is 11.8 Å². The van der Waals surface area contributed by atoms with Crippen LogP contribution in [-0.2, 0) is 6.42 Å². The molecule has 0 aliphatic heterocycles. The van der Waals surface area contributed by atoms with Crippen molar-refractivity contribution in [1.82, 2.24) is 4.90 Å². The maximum Gasteiger partial charge on any atom is 0.0406 e. The van der Waals surface area contributed by atoms with Crippen molar-refractivity contribution in [1.29, 1.82) is 0 Å². The van der Waals surface area contributed by atoms with Gasteiger partial charge in [-0.25, -0.2) is 0 Å². The van der Waals surface area contributed by atoms with Crippen molar-refractivity contribution in [2.75, 3.05) is 0 Å². The van der Waals surface area contributed by atoms with Gasteiger partial charge in [0.15, 0.2) is 0 Å². The van der Waals surface area contributed by atoms with Crippen molar-refractivity contribution < 1.29 is 0 Å². The van der Waals surface area contributed by atoms with Crippen molar-refractivity contribution in [2.45, 2.75) is 53.4 Å². The molecule has 0 bridgehead atoms. The predicted molar refractivity (Wildman–Crippen MR) is 235 cm³/mol. The fourth-order valence-electron chi connectivity index (χ4n) is 7.23. The van der Waals surface area contributed by atoms with E-state index in [0.717, 1.165) is 46.5 Å². The summed E-state index contributed by atoms with van der Waals surface area (Å²) in [7, 11) is 0.